The molecule has 1 aromatic rings. The highest BCUT2D eigenvalue weighted by Crippen LogP contribution is 2.38. The number of aliphatic carboxylic acids is 1. The summed E-state index contributed by atoms with van der Waals surface area (Å²) < 4.78 is 5.46. The quantitative estimate of drug-likeness (QED) is 0.614. The highest BCUT2D eigenvalue weighted by molar-refractivity contribution is 5.81. The number of anilines is 1. The van der Waals surface area contributed by atoms with Crippen LogP contribution in [0.25, 0.3) is 0 Å². The van der Waals surface area contributed by atoms with E-state index in [9.17, 15) is 20.0 Å². The van der Waals surface area contributed by atoms with E-state index in [1.54, 1.807) is 26.8 Å². The number of nitro groups is 1. The fourth-order valence-corrected chi connectivity index (χ4v) is 2.11. The zero-order valence-electron chi connectivity index (χ0n) is 12.6. The van der Waals surface area contributed by atoms with Crippen LogP contribution in [0, 0.1) is 10.1 Å². The second-order valence-electron chi connectivity index (χ2n) is 4.92. The van der Waals surface area contributed by atoms with Crippen molar-refractivity contribution in [3.8, 4) is 5.75 Å². The first-order chi connectivity index (χ1) is 9.79. The molecule has 21 heavy (non-hydrogen) atoms. The van der Waals surface area contributed by atoms with Gasteiger partial charge < -0.3 is 14.7 Å². The number of nitrogens with zero attached hydrogens (tertiary/aromatic N) is 2. The van der Waals surface area contributed by atoms with Crippen LogP contribution in [-0.4, -0.2) is 35.2 Å². The molecule has 0 amide bonds. The summed E-state index contributed by atoms with van der Waals surface area (Å²) in [6, 6.07) is 3.82. The Hall–Kier alpha value is -2.31. The van der Waals surface area contributed by atoms with Crippen LogP contribution in [-0.2, 0) is 4.79 Å². The minimum absolute atomic E-state index is 0.139. The van der Waals surface area contributed by atoms with Crippen molar-refractivity contribution in [1.29, 1.82) is 0 Å². The van der Waals surface area contributed by atoms with E-state index in [0.717, 1.165) is 0 Å². The molecule has 0 heterocycles. The first-order valence-corrected chi connectivity index (χ1v) is 6.69. The molecule has 1 unspecified atom stereocenters. The highest BCUT2D eigenvalue weighted by atomic mass is 16.6. The largest absolute Gasteiger partial charge is 0.484 e. The van der Waals surface area contributed by atoms with Gasteiger partial charge in [-0.15, -0.1) is 0 Å². The Kier molecular flexibility index (Phi) is 5.52. The molecule has 0 saturated heterocycles. The van der Waals surface area contributed by atoms with E-state index in [1.165, 1.54) is 24.1 Å². The van der Waals surface area contributed by atoms with Gasteiger partial charge in [0.2, 0.25) is 0 Å². The Morgan fingerprint density at radius 3 is 2.52 bits per heavy atom. The summed E-state index contributed by atoms with van der Waals surface area (Å²) in [7, 11) is 1.53. The van der Waals surface area contributed by atoms with Gasteiger partial charge in [0, 0.05) is 7.05 Å². The third kappa shape index (κ3) is 3.84. The number of carboxylic acids is 1. The summed E-state index contributed by atoms with van der Waals surface area (Å²) in [6.45, 7) is 5.26. The third-order valence-corrected chi connectivity index (χ3v) is 3.04. The SMILES string of the molecule is CCC(C(=O)O)N(C)c1cccc(OC(C)C)c1[N+](=O)[O-]. The number of ether oxygens (including phenoxy) is 1. The Morgan fingerprint density at radius 1 is 1.48 bits per heavy atom. The van der Waals surface area contributed by atoms with E-state index in [2.05, 4.69) is 0 Å². The highest BCUT2D eigenvalue weighted by Gasteiger charge is 2.29. The molecule has 0 aliphatic heterocycles. The lowest BCUT2D eigenvalue weighted by molar-refractivity contribution is -0.385. The van der Waals surface area contributed by atoms with Crippen molar-refractivity contribution < 1.29 is 19.6 Å². The van der Waals surface area contributed by atoms with E-state index in [1.807, 2.05) is 0 Å². The molecule has 0 aromatic heterocycles. The molecule has 1 aromatic carbocycles. The number of nitro benzene ring substituents is 1. The lowest BCUT2D eigenvalue weighted by Crippen LogP contribution is -2.38. The summed E-state index contributed by atoms with van der Waals surface area (Å²) >= 11 is 0. The van der Waals surface area contributed by atoms with Gasteiger partial charge in [-0.25, -0.2) is 4.79 Å². The molecule has 0 radical (unpaired) electrons. The van der Waals surface area contributed by atoms with Crippen LogP contribution in [0.15, 0.2) is 18.2 Å². The molecule has 0 aliphatic rings. The molecule has 7 heteroatoms. The Morgan fingerprint density at radius 2 is 2.10 bits per heavy atom. The molecule has 7 nitrogen and oxygen atoms in total. The van der Waals surface area contributed by atoms with E-state index < -0.39 is 16.9 Å². The Bertz CT molecular complexity index is 530. The molecule has 0 bridgehead atoms. The summed E-state index contributed by atoms with van der Waals surface area (Å²) in [4.78, 5) is 23.5. The Balaban J connectivity index is 3.34. The number of rotatable bonds is 7. The van der Waals surface area contributed by atoms with Crippen LogP contribution >= 0.6 is 0 Å². The van der Waals surface area contributed by atoms with Crippen LogP contribution in [0.3, 0.4) is 0 Å². The van der Waals surface area contributed by atoms with E-state index in [4.69, 9.17) is 4.74 Å². The van der Waals surface area contributed by atoms with Gasteiger partial charge in [-0.3, -0.25) is 10.1 Å². The van der Waals surface area contributed by atoms with Gasteiger partial charge in [0.15, 0.2) is 5.75 Å². The molecule has 0 saturated carbocycles. The van der Waals surface area contributed by atoms with Crippen molar-refractivity contribution in [1.82, 2.24) is 0 Å². The number of benzene rings is 1. The molecule has 0 spiro atoms. The lowest BCUT2D eigenvalue weighted by Gasteiger charge is -2.26. The van der Waals surface area contributed by atoms with Gasteiger partial charge in [-0.05, 0) is 32.4 Å². The second kappa shape index (κ2) is 6.92. The molecule has 1 rings (SSSR count). The average Bonchev–Trinajstić information content (AvgIpc) is 2.37. The van der Waals surface area contributed by atoms with Crippen LogP contribution < -0.4 is 9.64 Å². The fraction of sp³-hybridized carbons (Fsp3) is 0.500. The number of carbonyl (C=O) groups is 1. The number of likely N-dealkylation sites (N-methyl/N-ethyl adjacent to an activating group) is 1. The number of para-hydroxylation sites is 1. The maximum Gasteiger partial charge on any atom is 0.333 e. The van der Waals surface area contributed by atoms with Gasteiger partial charge in [0.05, 0.1) is 11.0 Å². The van der Waals surface area contributed by atoms with E-state index in [-0.39, 0.29) is 23.2 Å². The minimum atomic E-state index is -1.02. The molecule has 1 N–H and O–H groups in total. The standard InChI is InChI=1S/C14H20N2O5/c1-5-10(14(17)18)15(4)11-7-6-8-12(21-9(2)3)13(11)16(19)20/h6-10H,5H2,1-4H3,(H,17,18). The van der Waals surface area contributed by atoms with E-state index in [0.29, 0.717) is 6.42 Å². The predicted octanol–water partition coefficient (Wildman–Crippen LogP) is 2.68. The van der Waals surface area contributed by atoms with Crippen molar-refractivity contribution in [2.45, 2.75) is 39.3 Å². The van der Waals surface area contributed by atoms with Gasteiger partial charge in [-0.1, -0.05) is 13.0 Å². The molecular weight excluding hydrogens is 276 g/mol. The zero-order chi connectivity index (χ0) is 16.2. The van der Waals surface area contributed by atoms with Crippen molar-refractivity contribution in [2.24, 2.45) is 0 Å². The smallest absolute Gasteiger partial charge is 0.333 e. The molecule has 0 fully saturated rings. The zero-order valence-corrected chi connectivity index (χ0v) is 12.6. The van der Waals surface area contributed by atoms with Gasteiger partial charge in [0.1, 0.15) is 11.7 Å². The lowest BCUT2D eigenvalue weighted by atomic mass is 10.1. The van der Waals surface area contributed by atoms with Crippen molar-refractivity contribution in [3.63, 3.8) is 0 Å². The first kappa shape index (κ1) is 16.7. The summed E-state index contributed by atoms with van der Waals surface area (Å²) in [5.74, 6) is -0.885. The molecular formula is C14H20N2O5. The number of carboxylic acid groups (broad SMARTS) is 1. The molecule has 1 atom stereocenters. The topological polar surface area (TPSA) is 92.9 Å². The summed E-state index contributed by atoms with van der Waals surface area (Å²) in [5, 5.41) is 20.6. The summed E-state index contributed by atoms with van der Waals surface area (Å²) in [6.07, 6.45) is 0.115. The normalized spacial score (nSPS) is 12.0. The molecule has 0 aliphatic carbocycles. The maximum absolute atomic E-state index is 11.4. The van der Waals surface area contributed by atoms with Crippen LogP contribution in [0.5, 0.6) is 5.75 Å². The van der Waals surface area contributed by atoms with Gasteiger partial charge in [0.25, 0.3) is 0 Å². The van der Waals surface area contributed by atoms with Gasteiger partial charge in [-0.2, -0.15) is 0 Å². The van der Waals surface area contributed by atoms with Crippen molar-refractivity contribution in [2.75, 3.05) is 11.9 Å². The van der Waals surface area contributed by atoms with Crippen LogP contribution in [0.1, 0.15) is 27.2 Å². The number of hydrogen-bond donors (Lipinski definition) is 1. The fourth-order valence-electron chi connectivity index (χ4n) is 2.11. The Labute approximate surface area is 123 Å². The molecule has 116 valence electrons. The van der Waals surface area contributed by atoms with Crippen LogP contribution in [0.2, 0.25) is 0 Å². The number of hydrogen-bond acceptors (Lipinski definition) is 5. The average molecular weight is 296 g/mol. The van der Waals surface area contributed by atoms with E-state index >= 15 is 0 Å². The first-order valence-electron chi connectivity index (χ1n) is 6.69. The maximum atomic E-state index is 11.4. The predicted molar refractivity (Wildman–Crippen MR) is 79.0 cm³/mol. The van der Waals surface area contributed by atoms with Gasteiger partial charge >= 0.3 is 11.7 Å². The monoisotopic (exact) mass is 296 g/mol. The third-order valence-electron chi connectivity index (χ3n) is 3.04. The van der Waals surface area contributed by atoms with Crippen molar-refractivity contribution >= 4 is 17.3 Å². The van der Waals surface area contributed by atoms with Crippen molar-refractivity contribution in [3.05, 3.63) is 28.3 Å². The summed E-state index contributed by atoms with van der Waals surface area (Å²) in [5.41, 5.74) is 0.0146. The van der Waals surface area contributed by atoms with Crippen LogP contribution in [0.4, 0.5) is 11.4 Å². The second-order valence-corrected chi connectivity index (χ2v) is 4.92. The minimum Gasteiger partial charge on any atom is -0.484 e.